The molecule has 2 rings (SSSR count). The van der Waals surface area contributed by atoms with E-state index in [1.54, 1.807) is 4.90 Å². The summed E-state index contributed by atoms with van der Waals surface area (Å²) in [5.41, 5.74) is 0. The lowest BCUT2D eigenvalue weighted by molar-refractivity contribution is -0.142. The topological polar surface area (TPSA) is 69.6 Å². The largest absolute Gasteiger partial charge is 0.481 e. The van der Waals surface area contributed by atoms with Gasteiger partial charge in [0.05, 0.1) is 5.92 Å². The molecule has 0 bridgehead atoms. The third-order valence-electron chi connectivity index (χ3n) is 5.20. The maximum Gasteiger partial charge on any atom is 0.317 e. The maximum atomic E-state index is 12.4. The van der Waals surface area contributed by atoms with Crippen molar-refractivity contribution in [2.45, 2.75) is 52.5 Å². The number of hydrogen-bond donors (Lipinski definition) is 2. The van der Waals surface area contributed by atoms with Gasteiger partial charge in [0.15, 0.2) is 0 Å². The van der Waals surface area contributed by atoms with Gasteiger partial charge in [-0.25, -0.2) is 4.79 Å². The molecule has 0 aromatic rings. The highest BCUT2D eigenvalue weighted by molar-refractivity contribution is 5.77. The molecule has 5 heteroatoms. The average Bonchev–Trinajstić information content (AvgIpc) is 2.81. The van der Waals surface area contributed by atoms with Gasteiger partial charge < -0.3 is 15.3 Å². The van der Waals surface area contributed by atoms with Crippen molar-refractivity contribution in [2.24, 2.45) is 23.7 Å². The van der Waals surface area contributed by atoms with Crippen LogP contribution in [0.15, 0.2) is 0 Å². The maximum absolute atomic E-state index is 12.4. The normalized spacial score (nSPS) is 33.2. The molecule has 21 heavy (non-hydrogen) atoms. The van der Waals surface area contributed by atoms with Crippen LogP contribution < -0.4 is 5.32 Å². The molecular formula is C16H28N2O3. The van der Waals surface area contributed by atoms with Gasteiger partial charge in [0.2, 0.25) is 0 Å². The smallest absolute Gasteiger partial charge is 0.317 e. The molecular weight excluding hydrogens is 268 g/mol. The summed E-state index contributed by atoms with van der Waals surface area (Å²) in [5, 5.41) is 12.3. The van der Waals surface area contributed by atoms with Crippen LogP contribution in [0, 0.1) is 23.7 Å². The summed E-state index contributed by atoms with van der Waals surface area (Å²) in [5.74, 6) is -0.0862. The standard InChI is InChI=1S/C16H28N2O3/c1-10(2)12-6-4-5-7-14(12)17-16(21)18-8-11(3)13(9-18)15(19)20/h10-14H,4-9H2,1-3H3,(H,17,21)(H,19,20)/t11-,12?,13-,14?/m1/s1. The predicted octanol–water partition coefficient (Wildman–Crippen LogP) is 2.56. The summed E-state index contributed by atoms with van der Waals surface area (Å²) in [6, 6.07) is 0.161. The van der Waals surface area contributed by atoms with Crippen LogP contribution in [0.25, 0.3) is 0 Å². The van der Waals surface area contributed by atoms with E-state index in [2.05, 4.69) is 19.2 Å². The Hall–Kier alpha value is -1.26. The zero-order valence-corrected chi connectivity index (χ0v) is 13.3. The van der Waals surface area contributed by atoms with Crippen molar-refractivity contribution in [1.82, 2.24) is 10.2 Å². The Labute approximate surface area is 127 Å². The van der Waals surface area contributed by atoms with E-state index in [9.17, 15) is 9.59 Å². The molecule has 2 N–H and O–H groups in total. The van der Waals surface area contributed by atoms with E-state index in [0.29, 0.717) is 24.9 Å². The van der Waals surface area contributed by atoms with Crippen molar-refractivity contribution in [2.75, 3.05) is 13.1 Å². The fraction of sp³-hybridized carbons (Fsp3) is 0.875. The van der Waals surface area contributed by atoms with E-state index in [1.807, 2.05) is 6.92 Å². The molecule has 1 heterocycles. The molecule has 0 aromatic carbocycles. The Morgan fingerprint density at radius 2 is 1.86 bits per heavy atom. The van der Waals surface area contributed by atoms with Crippen molar-refractivity contribution >= 4 is 12.0 Å². The van der Waals surface area contributed by atoms with Crippen LogP contribution in [0.1, 0.15) is 46.5 Å². The summed E-state index contributed by atoms with van der Waals surface area (Å²) in [6.07, 6.45) is 4.64. The van der Waals surface area contributed by atoms with Gasteiger partial charge in [-0.3, -0.25) is 4.79 Å². The van der Waals surface area contributed by atoms with Crippen LogP contribution >= 0.6 is 0 Å². The molecule has 2 aliphatic rings. The molecule has 1 aliphatic heterocycles. The van der Waals surface area contributed by atoms with Crippen molar-refractivity contribution in [3.63, 3.8) is 0 Å². The molecule has 1 saturated heterocycles. The second kappa shape index (κ2) is 6.67. The molecule has 2 unspecified atom stereocenters. The number of carboxylic acids is 1. The predicted molar refractivity (Wildman–Crippen MR) is 81.0 cm³/mol. The fourth-order valence-corrected chi connectivity index (χ4v) is 3.84. The molecule has 4 atom stereocenters. The minimum absolute atomic E-state index is 0.0282. The first-order valence-electron chi connectivity index (χ1n) is 8.18. The summed E-state index contributed by atoms with van der Waals surface area (Å²) in [7, 11) is 0. The quantitative estimate of drug-likeness (QED) is 0.841. The van der Waals surface area contributed by atoms with Crippen LogP contribution in [0.5, 0.6) is 0 Å². The Kier molecular flexibility index (Phi) is 5.12. The van der Waals surface area contributed by atoms with Crippen molar-refractivity contribution in [3.8, 4) is 0 Å². The second-order valence-corrected chi connectivity index (χ2v) is 7.08. The van der Waals surface area contributed by atoms with Crippen LogP contribution in [-0.4, -0.2) is 41.1 Å². The fourth-order valence-electron chi connectivity index (χ4n) is 3.84. The number of carbonyl (C=O) groups excluding carboxylic acids is 1. The first-order chi connectivity index (χ1) is 9.90. The van der Waals surface area contributed by atoms with Gasteiger partial charge in [0.1, 0.15) is 0 Å². The lowest BCUT2D eigenvalue weighted by Gasteiger charge is -2.35. The van der Waals surface area contributed by atoms with Gasteiger partial charge in [-0.15, -0.1) is 0 Å². The number of nitrogens with one attached hydrogen (secondary N) is 1. The van der Waals surface area contributed by atoms with E-state index < -0.39 is 11.9 Å². The highest BCUT2D eigenvalue weighted by Crippen LogP contribution is 2.31. The molecule has 1 saturated carbocycles. The molecule has 0 radical (unpaired) electrons. The van der Waals surface area contributed by atoms with Crippen LogP contribution in [0.3, 0.4) is 0 Å². The first-order valence-corrected chi connectivity index (χ1v) is 8.18. The van der Waals surface area contributed by atoms with Crippen LogP contribution in [-0.2, 0) is 4.79 Å². The number of carboxylic acid groups (broad SMARTS) is 1. The number of likely N-dealkylation sites (tertiary alicyclic amines) is 1. The Balaban J connectivity index is 1.93. The van der Waals surface area contributed by atoms with Gasteiger partial charge in [0, 0.05) is 19.1 Å². The van der Waals surface area contributed by atoms with Crippen LogP contribution in [0.4, 0.5) is 4.79 Å². The van der Waals surface area contributed by atoms with Gasteiger partial charge >= 0.3 is 12.0 Å². The van der Waals surface area contributed by atoms with E-state index in [-0.39, 0.29) is 18.0 Å². The molecule has 1 aliphatic carbocycles. The summed E-state index contributed by atoms with van der Waals surface area (Å²) < 4.78 is 0. The number of rotatable bonds is 3. The summed E-state index contributed by atoms with van der Waals surface area (Å²) in [6.45, 7) is 7.22. The van der Waals surface area contributed by atoms with E-state index in [0.717, 1.165) is 6.42 Å². The molecule has 0 spiro atoms. The van der Waals surface area contributed by atoms with E-state index in [4.69, 9.17) is 5.11 Å². The van der Waals surface area contributed by atoms with Crippen LogP contribution in [0.2, 0.25) is 0 Å². The van der Waals surface area contributed by atoms with Crippen molar-refractivity contribution in [3.05, 3.63) is 0 Å². The Morgan fingerprint density at radius 3 is 2.43 bits per heavy atom. The first kappa shape index (κ1) is 16.1. The highest BCUT2D eigenvalue weighted by atomic mass is 16.4. The third kappa shape index (κ3) is 3.69. The molecule has 5 nitrogen and oxygen atoms in total. The zero-order chi connectivity index (χ0) is 15.6. The number of nitrogens with zero attached hydrogens (tertiary/aromatic N) is 1. The Bertz CT molecular complexity index is 397. The SMILES string of the molecule is CC(C)C1CCCCC1NC(=O)N1C[C@@H](C)[C@H](C(=O)O)C1. The average molecular weight is 296 g/mol. The van der Waals surface area contributed by atoms with Gasteiger partial charge in [-0.1, -0.05) is 33.6 Å². The van der Waals surface area contributed by atoms with Crippen molar-refractivity contribution in [1.29, 1.82) is 0 Å². The van der Waals surface area contributed by atoms with Gasteiger partial charge in [0.25, 0.3) is 0 Å². The van der Waals surface area contributed by atoms with Gasteiger partial charge in [-0.2, -0.15) is 0 Å². The minimum atomic E-state index is -0.796. The molecule has 2 amide bonds. The molecule has 120 valence electrons. The number of amides is 2. The number of hydrogen-bond acceptors (Lipinski definition) is 2. The van der Waals surface area contributed by atoms with Gasteiger partial charge in [-0.05, 0) is 30.6 Å². The monoisotopic (exact) mass is 296 g/mol. The second-order valence-electron chi connectivity index (χ2n) is 7.08. The highest BCUT2D eigenvalue weighted by Gasteiger charge is 2.38. The molecule has 2 fully saturated rings. The number of aliphatic carboxylic acids is 1. The summed E-state index contributed by atoms with van der Waals surface area (Å²) >= 11 is 0. The minimum Gasteiger partial charge on any atom is -0.481 e. The van der Waals surface area contributed by atoms with Crippen molar-refractivity contribution < 1.29 is 14.7 Å². The lowest BCUT2D eigenvalue weighted by atomic mass is 9.78. The zero-order valence-electron chi connectivity index (χ0n) is 13.3. The number of urea groups is 1. The summed E-state index contributed by atoms with van der Waals surface area (Å²) in [4.78, 5) is 25.2. The molecule has 0 aromatic heterocycles. The third-order valence-corrected chi connectivity index (χ3v) is 5.20. The van der Waals surface area contributed by atoms with E-state index in [1.165, 1.54) is 19.3 Å². The Morgan fingerprint density at radius 1 is 1.19 bits per heavy atom. The van der Waals surface area contributed by atoms with E-state index >= 15 is 0 Å². The lowest BCUT2D eigenvalue weighted by Crippen LogP contribution is -2.49. The number of carbonyl (C=O) groups is 2.